The number of amides is 2. The van der Waals surface area contributed by atoms with Crippen molar-refractivity contribution in [1.82, 2.24) is 20.1 Å². The Morgan fingerprint density at radius 2 is 1.68 bits per heavy atom. The highest BCUT2D eigenvalue weighted by molar-refractivity contribution is 8.00. The van der Waals surface area contributed by atoms with Gasteiger partial charge in [0.2, 0.25) is 12.3 Å². The fourth-order valence-corrected chi connectivity index (χ4v) is 7.56. The summed E-state index contributed by atoms with van der Waals surface area (Å²) in [4.78, 5) is 30.7. The van der Waals surface area contributed by atoms with E-state index in [1.807, 2.05) is 0 Å². The molecule has 2 heterocycles. The van der Waals surface area contributed by atoms with Gasteiger partial charge in [0.05, 0.1) is 34.1 Å². The first-order valence-electron chi connectivity index (χ1n) is 17.7. The summed E-state index contributed by atoms with van der Waals surface area (Å²) >= 11 is 7.68. The molecule has 2 amide bonds. The monoisotopic (exact) mass is 909 g/mol. The summed E-state index contributed by atoms with van der Waals surface area (Å²) < 4.78 is 101. The van der Waals surface area contributed by atoms with Gasteiger partial charge in [0.25, 0.3) is 0 Å². The molecule has 5 aromatic rings. The fourth-order valence-electron chi connectivity index (χ4n) is 5.97. The maximum absolute atomic E-state index is 14.4. The van der Waals surface area contributed by atoms with Crippen LogP contribution in [0.25, 0.3) is 22.0 Å². The summed E-state index contributed by atoms with van der Waals surface area (Å²) in [5.74, 6) is 3.77. The SMILES string of the molecule is COP(OC)Oc1ccc(CC(=O)N(SC)c2nn(CC(F)(F)F)c3c(-c4ccc(C#CC(C)(C)S(C)=O)nc4C(Cc4cc(F)cc(F)c4)NC=O)ccc(Cl)c23)cc1. The van der Waals surface area contributed by atoms with Crippen LogP contribution in [0.3, 0.4) is 0 Å². The number of benzene rings is 3. The van der Waals surface area contributed by atoms with E-state index in [0.717, 1.165) is 28.4 Å². The third-order valence-electron chi connectivity index (χ3n) is 8.90. The summed E-state index contributed by atoms with van der Waals surface area (Å²) in [5.41, 5.74) is 1.07. The minimum absolute atomic E-state index is 0.00597. The second-order valence-corrected chi connectivity index (χ2v) is 17.9. The summed E-state index contributed by atoms with van der Waals surface area (Å²) in [7, 11) is -0.146. The largest absolute Gasteiger partial charge is 0.427 e. The quantitative estimate of drug-likeness (QED) is 0.0340. The number of pyridine rings is 1. The zero-order valence-electron chi connectivity index (χ0n) is 32.9. The van der Waals surface area contributed by atoms with Gasteiger partial charge >= 0.3 is 14.8 Å². The first-order valence-corrected chi connectivity index (χ1v) is 21.9. The van der Waals surface area contributed by atoms with Crippen LogP contribution >= 0.6 is 32.2 Å². The first kappa shape index (κ1) is 46.4. The van der Waals surface area contributed by atoms with Gasteiger partial charge in [0.1, 0.15) is 34.4 Å². The highest BCUT2D eigenvalue weighted by Gasteiger charge is 2.34. The van der Waals surface area contributed by atoms with Crippen LogP contribution in [0.1, 0.15) is 42.4 Å². The number of halogens is 6. The normalized spacial score (nSPS) is 12.8. The number of hydrogen-bond acceptors (Lipinski definition) is 9. The summed E-state index contributed by atoms with van der Waals surface area (Å²) in [5, 5.41) is 6.94. The Balaban J connectivity index is 1.70. The number of rotatable bonds is 16. The predicted molar refractivity (Wildman–Crippen MR) is 224 cm³/mol. The number of nitrogens with one attached hydrogen (secondary N) is 1. The minimum atomic E-state index is -4.80. The van der Waals surface area contributed by atoms with Gasteiger partial charge in [0.15, 0.2) is 5.82 Å². The molecule has 5 rings (SSSR count). The van der Waals surface area contributed by atoms with Crippen molar-refractivity contribution in [2.45, 2.75) is 50.2 Å². The molecule has 0 radical (unpaired) electrons. The van der Waals surface area contributed by atoms with Crippen molar-refractivity contribution in [3.8, 4) is 28.7 Å². The standard InChI is InChI=1S/C40H38ClF5N5O6PS2/c1-39(2,60(6)54)16-15-28-9-12-30(36(48-28)33(47-23-52)19-25-17-26(42)21-27(43)18-25)31-13-14-32(41)35-37(31)50(22-40(44,45)46)49-38(35)51(59-5)34(53)20-24-7-10-29(11-8-24)57-58(55-3)56-4/h7-14,17-18,21,23,33H,19-20,22H2,1-6H3,(H,47,52). The van der Waals surface area contributed by atoms with Crippen LogP contribution in [0.15, 0.2) is 66.7 Å². The second-order valence-electron chi connectivity index (χ2n) is 13.4. The molecule has 3 aromatic carbocycles. The smallest absolute Gasteiger partial charge is 0.408 e. The lowest BCUT2D eigenvalue weighted by Gasteiger charge is -2.21. The predicted octanol–water partition coefficient (Wildman–Crippen LogP) is 8.88. The van der Waals surface area contributed by atoms with Crippen molar-refractivity contribution < 1.29 is 49.3 Å². The Hall–Kier alpha value is -4.63. The highest BCUT2D eigenvalue weighted by atomic mass is 35.5. The Bertz CT molecular complexity index is 2440. The van der Waals surface area contributed by atoms with Crippen molar-refractivity contribution in [2.24, 2.45) is 0 Å². The Morgan fingerprint density at radius 3 is 2.27 bits per heavy atom. The Morgan fingerprint density at radius 1 is 1.03 bits per heavy atom. The summed E-state index contributed by atoms with van der Waals surface area (Å²) in [6.45, 7) is 1.74. The van der Waals surface area contributed by atoms with Crippen LogP contribution in [0.4, 0.5) is 27.8 Å². The summed E-state index contributed by atoms with van der Waals surface area (Å²) in [6, 6.07) is 14.1. The van der Waals surface area contributed by atoms with Crippen LogP contribution in [0.5, 0.6) is 5.75 Å². The molecule has 11 nitrogen and oxygen atoms in total. The van der Waals surface area contributed by atoms with Gasteiger partial charge in [-0.05, 0) is 91.7 Å². The van der Waals surface area contributed by atoms with Gasteiger partial charge < -0.3 is 18.9 Å². The molecule has 0 saturated carbocycles. The van der Waals surface area contributed by atoms with Crippen molar-refractivity contribution in [1.29, 1.82) is 0 Å². The molecular weight excluding hydrogens is 872 g/mol. The molecule has 60 heavy (non-hydrogen) atoms. The molecular formula is C40H38ClF5N5O6PS2. The van der Waals surface area contributed by atoms with E-state index < -0.39 is 60.5 Å². The van der Waals surface area contributed by atoms with Gasteiger partial charge in [-0.3, -0.25) is 18.5 Å². The molecule has 20 heteroatoms. The lowest BCUT2D eigenvalue weighted by atomic mass is 9.94. The molecule has 0 bridgehead atoms. The molecule has 0 aliphatic heterocycles. The number of anilines is 1. The van der Waals surface area contributed by atoms with Crippen molar-refractivity contribution >= 4 is 72.0 Å². The topological polar surface area (TPSA) is 125 Å². The van der Waals surface area contributed by atoms with Crippen molar-refractivity contribution in [3.63, 3.8) is 0 Å². The van der Waals surface area contributed by atoms with Crippen LogP contribution in [-0.4, -0.2) is 68.9 Å². The average Bonchev–Trinajstić information content (AvgIpc) is 3.54. The second kappa shape index (κ2) is 19.8. The van der Waals surface area contributed by atoms with E-state index in [9.17, 15) is 35.8 Å². The molecule has 2 atom stereocenters. The highest BCUT2D eigenvalue weighted by Crippen LogP contribution is 2.43. The lowest BCUT2D eigenvalue weighted by Crippen LogP contribution is -2.26. The maximum atomic E-state index is 14.4. The maximum Gasteiger partial charge on any atom is 0.408 e. The zero-order valence-corrected chi connectivity index (χ0v) is 36.2. The van der Waals surface area contributed by atoms with E-state index in [4.69, 9.17) is 30.2 Å². The van der Waals surface area contributed by atoms with E-state index in [2.05, 4.69) is 22.3 Å². The molecule has 1 N–H and O–H groups in total. The Kier molecular flexibility index (Phi) is 15.3. The molecule has 0 fully saturated rings. The van der Waals surface area contributed by atoms with Gasteiger partial charge in [0, 0.05) is 54.7 Å². The number of carbonyl (C=O) groups is 2. The molecule has 0 aliphatic rings. The molecule has 2 unspecified atom stereocenters. The fraction of sp³-hybridized carbons (Fsp3) is 0.300. The van der Waals surface area contributed by atoms with Gasteiger partial charge in [-0.15, -0.1) is 0 Å². The number of nitrogens with zero attached hydrogens (tertiary/aromatic N) is 4. The minimum Gasteiger partial charge on any atom is -0.427 e. The van der Waals surface area contributed by atoms with Crippen LogP contribution < -0.4 is 14.1 Å². The van der Waals surface area contributed by atoms with E-state index in [1.54, 1.807) is 44.4 Å². The van der Waals surface area contributed by atoms with Crippen LogP contribution in [0, 0.1) is 23.5 Å². The van der Waals surface area contributed by atoms with Crippen molar-refractivity contribution in [3.05, 3.63) is 106 Å². The summed E-state index contributed by atoms with van der Waals surface area (Å²) in [6.07, 6.45) is -1.79. The molecule has 0 saturated heterocycles. The van der Waals surface area contributed by atoms with Crippen LogP contribution in [0.2, 0.25) is 5.02 Å². The number of fused-ring (bicyclic) bond motifs is 1. The molecule has 2 aromatic heterocycles. The first-order chi connectivity index (χ1) is 28.4. The van der Waals surface area contributed by atoms with Gasteiger partial charge in [-0.2, -0.15) is 18.3 Å². The van der Waals surface area contributed by atoms with E-state index in [0.29, 0.717) is 28.5 Å². The third kappa shape index (κ3) is 11.4. The van der Waals surface area contributed by atoms with E-state index in [1.165, 1.54) is 44.7 Å². The lowest BCUT2D eigenvalue weighted by molar-refractivity contribution is -0.141. The van der Waals surface area contributed by atoms with Gasteiger partial charge in [-0.1, -0.05) is 35.7 Å². The molecule has 318 valence electrons. The van der Waals surface area contributed by atoms with Gasteiger partial charge in [-0.25, -0.2) is 18.1 Å². The number of carbonyl (C=O) groups excluding carboxylic acids is 2. The van der Waals surface area contributed by atoms with Crippen LogP contribution in [-0.2, 0) is 48.8 Å². The number of aromatic nitrogens is 3. The Labute approximate surface area is 355 Å². The zero-order chi connectivity index (χ0) is 43.9. The average molecular weight is 910 g/mol. The molecule has 0 aliphatic carbocycles. The molecule has 0 spiro atoms. The number of hydrogen-bond donors (Lipinski definition) is 1. The number of alkyl halides is 3. The van der Waals surface area contributed by atoms with Crippen molar-refractivity contribution in [2.75, 3.05) is 31.0 Å². The van der Waals surface area contributed by atoms with E-state index >= 15 is 0 Å². The third-order valence-corrected chi connectivity index (χ3v) is 12.5. The van der Waals surface area contributed by atoms with E-state index in [-0.39, 0.29) is 62.7 Å².